The Kier molecular flexibility index (Phi) is 2.87. The Labute approximate surface area is 113 Å². The van der Waals surface area contributed by atoms with Crippen molar-refractivity contribution in [1.29, 1.82) is 0 Å². The molecule has 0 aliphatic rings. The molecule has 0 spiro atoms. The van der Waals surface area contributed by atoms with E-state index in [0.29, 0.717) is 0 Å². The second kappa shape index (κ2) is 4.55. The minimum Gasteiger partial charge on any atom is -0.491 e. The second-order valence-electron chi connectivity index (χ2n) is 4.23. The molecule has 0 amide bonds. The highest BCUT2D eigenvalue weighted by molar-refractivity contribution is 7.41. The minimum absolute atomic E-state index is 0.0739. The lowest BCUT2D eigenvalue weighted by Crippen LogP contribution is -2.09. The summed E-state index contributed by atoms with van der Waals surface area (Å²) in [5, 5.41) is 0.791. The van der Waals surface area contributed by atoms with E-state index in [1.165, 1.54) is 0 Å². The molecule has 1 unspecified atom stereocenters. The van der Waals surface area contributed by atoms with Gasteiger partial charge in [-0.3, -0.25) is 4.79 Å². The van der Waals surface area contributed by atoms with Gasteiger partial charge in [-0.15, -0.1) is 3.96 Å². The molecule has 0 saturated heterocycles. The summed E-state index contributed by atoms with van der Waals surface area (Å²) in [5.74, 6) is 0.821. The molecule has 96 valence electrons. The van der Waals surface area contributed by atoms with Crippen LogP contribution in [0.1, 0.15) is 0 Å². The van der Waals surface area contributed by atoms with Crippen molar-refractivity contribution in [2.45, 2.75) is 0 Å². The Morgan fingerprint density at radius 1 is 1.05 bits per heavy atom. The number of hydrogen-bond donors (Lipinski definition) is 0. The molecule has 0 N–H and O–H groups in total. The van der Waals surface area contributed by atoms with Crippen LogP contribution in [0.4, 0.5) is 0 Å². The molecular weight excluding hydrogens is 258 g/mol. The Hall–Kier alpha value is -2.07. The number of ether oxygens (including phenoxy) is 1. The van der Waals surface area contributed by atoms with Gasteiger partial charge in [0, 0.05) is 12.1 Å². The van der Waals surface area contributed by atoms with Crippen LogP contribution in [0, 0.1) is 0 Å². The van der Waals surface area contributed by atoms with E-state index in [1.807, 2.05) is 55.6 Å². The Morgan fingerprint density at radius 3 is 2.53 bits per heavy atom. The van der Waals surface area contributed by atoms with Crippen molar-refractivity contribution < 1.29 is 4.74 Å². The van der Waals surface area contributed by atoms with E-state index in [4.69, 9.17) is 4.74 Å². The van der Waals surface area contributed by atoms with E-state index in [9.17, 15) is 4.79 Å². The second-order valence-corrected chi connectivity index (χ2v) is 6.23. The van der Waals surface area contributed by atoms with Gasteiger partial charge in [-0.25, -0.2) is 0 Å². The van der Waals surface area contributed by atoms with Crippen molar-refractivity contribution in [3.05, 3.63) is 58.9 Å². The van der Waals surface area contributed by atoms with Crippen LogP contribution >= 0.6 is 10.7 Å². The van der Waals surface area contributed by atoms with Gasteiger partial charge in [0.1, 0.15) is 16.1 Å². The average molecular weight is 272 g/mol. The van der Waals surface area contributed by atoms with Gasteiger partial charge in [0.15, 0.2) is 5.75 Å². The predicted molar refractivity (Wildman–Crippen MR) is 79.6 cm³/mol. The van der Waals surface area contributed by atoms with Crippen LogP contribution in [-0.4, -0.2) is 11.1 Å². The molecule has 0 fully saturated rings. The van der Waals surface area contributed by atoms with E-state index in [0.717, 1.165) is 20.7 Å². The highest BCUT2D eigenvalue weighted by Crippen LogP contribution is 2.41. The molecule has 0 aliphatic heterocycles. The summed E-state index contributed by atoms with van der Waals surface area (Å²) >= 11 is 0. The summed E-state index contributed by atoms with van der Waals surface area (Å²) in [4.78, 5) is 13.3. The zero-order valence-electron chi connectivity index (χ0n) is 10.8. The topological polar surface area (TPSA) is 31.2 Å². The van der Waals surface area contributed by atoms with Gasteiger partial charge < -0.3 is 4.74 Å². The first-order valence-electron chi connectivity index (χ1n) is 5.98. The van der Waals surface area contributed by atoms with Crippen LogP contribution < -0.4 is 10.3 Å². The summed E-state index contributed by atoms with van der Waals surface area (Å²) in [5.41, 5.74) is 0.0739. The van der Waals surface area contributed by atoms with Gasteiger partial charge in [0.05, 0.1) is 14.2 Å². The summed E-state index contributed by atoms with van der Waals surface area (Å²) < 4.78 is 8.29. The van der Waals surface area contributed by atoms with E-state index in [2.05, 4.69) is 0 Å². The number of fused-ring (bicyclic) bond motifs is 1. The fraction of sp³-hybridized carbons (Fsp3) is 0.133. The number of hydrogen-bond acceptors (Lipinski definition) is 2. The first-order valence-corrected chi connectivity index (χ1v) is 7.16. The normalized spacial score (nSPS) is 11.8. The van der Waals surface area contributed by atoms with Gasteiger partial charge in [-0.2, -0.15) is 0 Å². The van der Waals surface area contributed by atoms with E-state index in [1.54, 1.807) is 11.1 Å². The maximum atomic E-state index is 12.3. The molecule has 0 aliphatic carbocycles. The van der Waals surface area contributed by atoms with Gasteiger partial charge in [0.25, 0.3) is 0 Å². The molecule has 3 aromatic rings. The fourth-order valence-electron chi connectivity index (χ4n) is 2.26. The van der Waals surface area contributed by atoms with Gasteiger partial charge in [-0.1, -0.05) is 24.3 Å². The predicted octanol–water partition coefficient (Wildman–Crippen LogP) is 3.29. The van der Waals surface area contributed by atoms with E-state index in [-0.39, 0.29) is 5.56 Å². The summed E-state index contributed by atoms with van der Waals surface area (Å²) in [6, 6.07) is 15.7. The maximum absolute atomic E-state index is 12.3. The van der Waals surface area contributed by atoms with Crippen molar-refractivity contribution in [1.82, 2.24) is 3.96 Å². The van der Waals surface area contributed by atoms with Crippen LogP contribution in [0.3, 0.4) is 0 Å². The molecule has 1 aromatic heterocycles. The van der Waals surface area contributed by atoms with Gasteiger partial charge >= 0.3 is 5.56 Å². The Morgan fingerprint density at radius 2 is 1.74 bits per heavy atom. The minimum atomic E-state index is -0.393. The monoisotopic (exact) mass is 272 g/mol. The van der Waals surface area contributed by atoms with Crippen LogP contribution in [0.2, 0.25) is 0 Å². The first kappa shape index (κ1) is 12.0. The van der Waals surface area contributed by atoms with Crippen molar-refractivity contribution in [2.75, 3.05) is 7.11 Å². The number of para-hydroxylation sites is 1. The summed E-state index contributed by atoms with van der Waals surface area (Å²) in [7, 11) is 3.11. The SMILES string of the molecule is COc1ccccc1-[s+]1c2ccccc2c(=O)n1C. The lowest BCUT2D eigenvalue weighted by atomic mass is 10.3. The molecule has 1 heterocycles. The van der Waals surface area contributed by atoms with Crippen molar-refractivity contribution in [3.63, 3.8) is 0 Å². The Balaban J connectivity index is 2.43. The zero-order chi connectivity index (χ0) is 13.4. The third-order valence-electron chi connectivity index (χ3n) is 3.16. The number of nitrogens with zero attached hydrogens (tertiary/aromatic N) is 1. The molecular formula is C15H14NO2S+. The van der Waals surface area contributed by atoms with Crippen LogP contribution in [-0.2, 0) is 7.05 Å². The zero-order valence-corrected chi connectivity index (χ0v) is 11.6. The molecule has 0 saturated carbocycles. The molecule has 2 aromatic carbocycles. The Bertz CT molecular complexity index is 801. The first-order chi connectivity index (χ1) is 9.24. The quantitative estimate of drug-likeness (QED) is 0.670. The third kappa shape index (κ3) is 1.76. The average Bonchev–Trinajstić information content (AvgIpc) is 2.71. The highest BCUT2D eigenvalue weighted by atomic mass is 32.2. The van der Waals surface area contributed by atoms with E-state index >= 15 is 0 Å². The highest BCUT2D eigenvalue weighted by Gasteiger charge is 2.26. The molecule has 0 bridgehead atoms. The van der Waals surface area contributed by atoms with Gasteiger partial charge in [0.2, 0.25) is 9.60 Å². The van der Waals surface area contributed by atoms with Crippen LogP contribution in [0.15, 0.2) is 53.3 Å². The standard InChI is InChI=1S/C15H14NO2S/c1-16-15(17)11-7-3-5-9-13(11)19(16)14-10-6-4-8-12(14)18-2/h3-10H,1-2H3/q+1. The lowest BCUT2D eigenvalue weighted by molar-refractivity contribution is 0.417. The fourth-order valence-corrected chi connectivity index (χ4v) is 4.47. The lowest BCUT2D eigenvalue weighted by Gasteiger charge is -2.01. The summed E-state index contributed by atoms with van der Waals surface area (Å²) in [6.07, 6.45) is 0. The smallest absolute Gasteiger partial charge is 0.304 e. The largest absolute Gasteiger partial charge is 0.491 e. The molecule has 1 atom stereocenters. The summed E-state index contributed by atoms with van der Waals surface area (Å²) in [6.45, 7) is 0. The third-order valence-corrected chi connectivity index (χ3v) is 5.40. The van der Waals surface area contributed by atoms with Crippen LogP contribution in [0.25, 0.3) is 15.0 Å². The number of aromatic nitrogens is 1. The number of methoxy groups -OCH3 is 1. The molecule has 3 rings (SSSR count). The van der Waals surface area contributed by atoms with Crippen molar-refractivity contribution >= 4 is 20.8 Å². The van der Waals surface area contributed by atoms with Crippen molar-refractivity contribution in [3.8, 4) is 10.6 Å². The van der Waals surface area contributed by atoms with Crippen LogP contribution in [0.5, 0.6) is 5.75 Å². The van der Waals surface area contributed by atoms with E-state index < -0.39 is 10.7 Å². The number of benzene rings is 2. The van der Waals surface area contributed by atoms with Gasteiger partial charge in [-0.05, 0) is 12.1 Å². The number of rotatable bonds is 2. The van der Waals surface area contributed by atoms with Crippen molar-refractivity contribution in [2.24, 2.45) is 7.05 Å². The molecule has 3 nitrogen and oxygen atoms in total. The maximum Gasteiger partial charge on any atom is 0.304 e. The molecule has 19 heavy (non-hydrogen) atoms. The molecule has 0 radical (unpaired) electrons. The molecule has 4 heteroatoms.